The fraction of sp³-hybridized carbons (Fsp3) is 0.333. The van der Waals surface area contributed by atoms with Gasteiger partial charge >= 0.3 is 0 Å². The predicted molar refractivity (Wildman–Crippen MR) is 87.9 cm³/mol. The van der Waals surface area contributed by atoms with E-state index in [0.29, 0.717) is 29.6 Å². The fourth-order valence-electron chi connectivity index (χ4n) is 1.95. The number of benzene rings is 1. The largest absolute Gasteiger partial charge is 0.384 e. The van der Waals surface area contributed by atoms with Crippen molar-refractivity contribution in [2.45, 2.75) is 37.3 Å². The minimum absolute atomic E-state index is 0.250. The second-order valence-electron chi connectivity index (χ2n) is 5.16. The van der Waals surface area contributed by atoms with Gasteiger partial charge in [0.1, 0.15) is 17.5 Å². The molecule has 0 radical (unpaired) electrons. The first-order valence-corrected chi connectivity index (χ1v) is 8.62. The van der Waals surface area contributed by atoms with Crippen LogP contribution in [-0.4, -0.2) is 23.6 Å². The van der Waals surface area contributed by atoms with E-state index >= 15 is 0 Å². The Labute approximate surface area is 130 Å². The Balaban J connectivity index is 2.45. The monoisotopic (exact) mass is 320 g/mol. The van der Waals surface area contributed by atoms with Gasteiger partial charge in [-0.25, -0.2) is 18.4 Å². The van der Waals surface area contributed by atoms with Crippen molar-refractivity contribution in [3.8, 4) is 0 Å². The number of hydrogen-bond acceptors (Lipinski definition) is 6. The van der Waals surface area contributed by atoms with Crippen LogP contribution < -0.4 is 11.1 Å². The normalized spacial score (nSPS) is 11.6. The van der Waals surface area contributed by atoms with E-state index in [1.807, 2.05) is 6.92 Å². The maximum atomic E-state index is 12.4. The molecule has 0 spiro atoms. The summed E-state index contributed by atoms with van der Waals surface area (Å²) >= 11 is 0. The van der Waals surface area contributed by atoms with E-state index in [1.165, 1.54) is 0 Å². The average molecular weight is 320 g/mol. The van der Waals surface area contributed by atoms with Crippen LogP contribution in [0.15, 0.2) is 35.2 Å². The third kappa shape index (κ3) is 3.36. The average Bonchev–Trinajstić information content (AvgIpc) is 2.46. The van der Waals surface area contributed by atoms with Crippen LogP contribution in [0.25, 0.3) is 0 Å². The van der Waals surface area contributed by atoms with Gasteiger partial charge in [-0.1, -0.05) is 19.1 Å². The molecule has 0 aliphatic carbocycles. The van der Waals surface area contributed by atoms with Crippen molar-refractivity contribution in [1.29, 1.82) is 0 Å². The lowest BCUT2D eigenvalue weighted by Crippen LogP contribution is -2.15. The van der Waals surface area contributed by atoms with Crippen LogP contribution in [0.4, 0.5) is 17.3 Å². The van der Waals surface area contributed by atoms with Crippen LogP contribution >= 0.6 is 0 Å². The van der Waals surface area contributed by atoms with E-state index in [4.69, 9.17) is 5.73 Å². The van der Waals surface area contributed by atoms with E-state index in [1.54, 1.807) is 44.2 Å². The van der Waals surface area contributed by atoms with Crippen molar-refractivity contribution in [2.75, 3.05) is 11.1 Å². The second kappa shape index (κ2) is 6.31. The third-order valence-corrected chi connectivity index (χ3v) is 5.40. The van der Waals surface area contributed by atoms with E-state index in [9.17, 15) is 8.42 Å². The van der Waals surface area contributed by atoms with Gasteiger partial charge in [-0.2, -0.15) is 0 Å². The summed E-state index contributed by atoms with van der Waals surface area (Å²) < 4.78 is 24.9. The Hall–Kier alpha value is -2.15. The van der Waals surface area contributed by atoms with Gasteiger partial charge in [-0.15, -0.1) is 0 Å². The summed E-state index contributed by atoms with van der Waals surface area (Å²) in [7, 11) is -3.39. The minimum atomic E-state index is -3.39. The first-order valence-electron chi connectivity index (χ1n) is 7.08. The van der Waals surface area contributed by atoms with Crippen LogP contribution in [0.3, 0.4) is 0 Å². The van der Waals surface area contributed by atoms with Crippen LogP contribution in [0.2, 0.25) is 0 Å². The molecule has 0 aliphatic heterocycles. The molecule has 118 valence electrons. The Kier molecular flexibility index (Phi) is 4.65. The second-order valence-corrected chi connectivity index (χ2v) is 7.64. The van der Waals surface area contributed by atoms with Crippen LogP contribution in [0, 0.1) is 0 Å². The molecular formula is C15H20N4O2S. The van der Waals surface area contributed by atoms with Crippen LogP contribution in [0.5, 0.6) is 0 Å². The molecule has 0 aliphatic rings. The molecule has 0 fully saturated rings. The Morgan fingerprint density at radius 2 is 1.91 bits per heavy atom. The SMILES string of the molecule is CCc1nc(N)cc(Nc2ccccc2S(=O)(=O)C(C)C)n1. The maximum absolute atomic E-state index is 12.4. The number of anilines is 3. The predicted octanol–water partition coefficient (Wildman–Crippen LogP) is 2.55. The van der Waals surface area contributed by atoms with Crippen molar-refractivity contribution in [3.63, 3.8) is 0 Å². The summed E-state index contributed by atoms with van der Waals surface area (Å²) in [6, 6.07) is 8.35. The molecule has 6 nitrogen and oxygen atoms in total. The van der Waals surface area contributed by atoms with Crippen molar-refractivity contribution in [3.05, 3.63) is 36.2 Å². The molecule has 0 bridgehead atoms. The van der Waals surface area contributed by atoms with Crippen molar-refractivity contribution in [2.24, 2.45) is 0 Å². The fourth-order valence-corrected chi connectivity index (χ4v) is 3.15. The number of nitrogens with two attached hydrogens (primary N) is 1. The van der Waals surface area contributed by atoms with Gasteiger partial charge in [0.05, 0.1) is 15.8 Å². The molecule has 0 saturated carbocycles. The number of nitrogens with one attached hydrogen (secondary N) is 1. The van der Waals surface area contributed by atoms with Gasteiger partial charge in [0.15, 0.2) is 9.84 Å². The van der Waals surface area contributed by atoms with Crippen molar-refractivity contribution >= 4 is 27.2 Å². The number of nitrogen functional groups attached to an aromatic ring is 1. The highest BCUT2D eigenvalue weighted by atomic mass is 32.2. The number of hydrogen-bond donors (Lipinski definition) is 2. The lowest BCUT2D eigenvalue weighted by molar-refractivity contribution is 0.588. The summed E-state index contributed by atoms with van der Waals surface area (Å²) in [5.41, 5.74) is 6.23. The van der Waals surface area contributed by atoms with Crippen LogP contribution in [-0.2, 0) is 16.3 Å². The van der Waals surface area contributed by atoms with Gasteiger partial charge in [-0.05, 0) is 26.0 Å². The number of nitrogens with zero attached hydrogens (tertiary/aromatic N) is 2. The number of sulfone groups is 1. The molecule has 1 heterocycles. The highest BCUT2D eigenvalue weighted by Crippen LogP contribution is 2.27. The zero-order chi connectivity index (χ0) is 16.3. The van der Waals surface area contributed by atoms with Crippen LogP contribution in [0.1, 0.15) is 26.6 Å². The molecule has 3 N–H and O–H groups in total. The molecule has 1 aromatic heterocycles. The number of para-hydroxylation sites is 1. The molecule has 0 amide bonds. The summed E-state index contributed by atoms with van der Waals surface area (Å²) in [5, 5.41) is 2.54. The molecule has 2 aromatic rings. The Morgan fingerprint density at radius 1 is 1.23 bits per heavy atom. The number of rotatable bonds is 5. The summed E-state index contributed by atoms with van der Waals surface area (Å²) in [6.07, 6.45) is 0.645. The quantitative estimate of drug-likeness (QED) is 0.878. The van der Waals surface area contributed by atoms with Gasteiger partial charge in [0.2, 0.25) is 0 Å². The Bertz CT molecular complexity index is 773. The molecule has 1 aromatic carbocycles. The first-order chi connectivity index (χ1) is 10.3. The summed E-state index contributed by atoms with van der Waals surface area (Å²) in [4.78, 5) is 8.67. The molecule has 0 atom stereocenters. The van der Waals surface area contributed by atoms with Crippen molar-refractivity contribution in [1.82, 2.24) is 9.97 Å². The van der Waals surface area contributed by atoms with E-state index < -0.39 is 15.1 Å². The first kappa shape index (κ1) is 16.2. The lowest BCUT2D eigenvalue weighted by Gasteiger charge is -2.14. The van der Waals surface area contributed by atoms with Gasteiger partial charge < -0.3 is 11.1 Å². The molecular weight excluding hydrogens is 300 g/mol. The highest BCUT2D eigenvalue weighted by molar-refractivity contribution is 7.92. The summed E-state index contributed by atoms with van der Waals surface area (Å²) in [6.45, 7) is 5.24. The molecule has 7 heteroatoms. The number of aromatic nitrogens is 2. The van der Waals surface area contributed by atoms with Gasteiger partial charge in [0, 0.05) is 12.5 Å². The third-order valence-electron chi connectivity index (χ3n) is 3.19. The molecule has 22 heavy (non-hydrogen) atoms. The number of aryl methyl sites for hydroxylation is 1. The van der Waals surface area contributed by atoms with E-state index in [-0.39, 0.29) is 4.90 Å². The summed E-state index contributed by atoms with van der Waals surface area (Å²) in [5.74, 6) is 1.43. The maximum Gasteiger partial charge on any atom is 0.182 e. The van der Waals surface area contributed by atoms with E-state index in [0.717, 1.165) is 0 Å². The molecule has 2 rings (SSSR count). The van der Waals surface area contributed by atoms with Gasteiger partial charge in [0.25, 0.3) is 0 Å². The topological polar surface area (TPSA) is 98.0 Å². The minimum Gasteiger partial charge on any atom is -0.384 e. The van der Waals surface area contributed by atoms with Gasteiger partial charge in [-0.3, -0.25) is 0 Å². The molecule has 0 saturated heterocycles. The highest BCUT2D eigenvalue weighted by Gasteiger charge is 2.22. The van der Waals surface area contributed by atoms with E-state index in [2.05, 4.69) is 15.3 Å². The zero-order valence-electron chi connectivity index (χ0n) is 12.9. The Morgan fingerprint density at radius 3 is 2.55 bits per heavy atom. The molecule has 0 unspecified atom stereocenters. The zero-order valence-corrected chi connectivity index (χ0v) is 13.7. The smallest absolute Gasteiger partial charge is 0.182 e. The van der Waals surface area contributed by atoms with Crippen molar-refractivity contribution < 1.29 is 8.42 Å². The standard InChI is InChI=1S/C15H20N4O2S/c1-4-14-18-13(16)9-15(19-14)17-11-7-5-6-8-12(11)22(20,21)10(2)3/h5-10H,4H2,1-3H3,(H3,16,17,18,19). The lowest BCUT2D eigenvalue weighted by atomic mass is 10.3.